The van der Waals surface area contributed by atoms with E-state index >= 15 is 0 Å². The Balaban J connectivity index is 1.39. The summed E-state index contributed by atoms with van der Waals surface area (Å²) in [5.74, 6) is -2.41. The Bertz CT molecular complexity index is 1350. The molecule has 8 nitrogen and oxygen atoms in total. The van der Waals surface area contributed by atoms with Gasteiger partial charge in [0.25, 0.3) is 0 Å². The molecule has 240 valence electrons. The predicted octanol–water partition coefficient (Wildman–Crippen LogP) is 5.70. The lowest BCUT2D eigenvalue weighted by Gasteiger charge is -2.47. The van der Waals surface area contributed by atoms with Gasteiger partial charge in [0.1, 0.15) is 5.75 Å². The van der Waals surface area contributed by atoms with Crippen molar-refractivity contribution in [3.05, 3.63) is 58.1 Å². The largest absolute Gasteiger partial charge is 0.508 e. The van der Waals surface area contributed by atoms with E-state index < -0.39 is 30.5 Å². The molecule has 1 spiro atoms. The van der Waals surface area contributed by atoms with E-state index in [1.807, 2.05) is 18.7 Å². The summed E-state index contributed by atoms with van der Waals surface area (Å²) in [5.41, 5.74) is 10.9. The molecule has 44 heavy (non-hydrogen) atoms. The first-order valence-electron chi connectivity index (χ1n) is 15.6. The number of fused-ring (bicyclic) bond motifs is 1. The van der Waals surface area contributed by atoms with Gasteiger partial charge in [-0.25, -0.2) is 4.79 Å². The molecule has 1 amide bonds. The highest BCUT2D eigenvalue weighted by Gasteiger charge is 2.45. The van der Waals surface area contributed by atoms with E-state index in [9.17, 15) is 27.9 Å². The standard InChI is InChI=1S/C33H43F3N4O4/c1-20-15-23(41)16-21(2)24(20)18-26(37)29(42)39-28-9-13-38-27-8-7-22(17-25(27)28)30(44-31(43)33(34,35)36)40-14-6-12-32(19-40)10-4-3-5-11-32/h7-8,15-17,26,28,30,38,41H,3-6,9-14,18-19,37H2,1-2H3,(H,39,42)/t26-,28+,30?/m0/s1. The Kier molecular flexibility index (Phi) is 9.46. The van der Waals surface area contributed by atoms with Gasteiger partial charge in [0.05, 0.1) is 12.1 Å². The monoisotopic (exact) mass is 616 g/mol. The number of nitrogens with one attached hydrogen (secondary N) is 2. The number of nitrogens with two attached hydrogens (primary N) is 1. The van der Waals surface area contributed by atoms with E-state index in [0.717, 1.165) is 67.3 Å². The van der Waals surface area contributed by atoms with E-state index in [4.69, 9.17) is 10.5 Å². The summed E-state index contributed by atoms with van der Waals surface area (Å²) in [7, 11) is 0. The highest BCUT2D eigenvalue weighted by Crippen LogP contribution is 2.46. The molecule has 3 atom stereocenters. The summed E-state index contributed by atoms with van der Waals surface area (Å²) in [4.78, 5) is 27.4. The number of benzene rings is 2. The number of nitrogens with zero attached hydrogens (tertiary/aromatic N) is 1. The van der Waals surface area contributed by atoms with Crippen molar-refractivity contribution >= 4 is 17.6 Å². The number of ether oxygens (including phenoxy) is 1. The van der Waals surface area contributed by atoms with Crippen molar-refractivity contribution in [2.75, 3.05) is 25.0 Å². The van der Waals surface area contributed by atoms with Crippen LogP contribution < -0.4 is 16.4 Å². The van der Waals surface area contributed by atoms with Gasteiger partial charge in [-0.15, -0.1) is 0 Å². The van der Waals surface area contributed by atoms with Gasteiger partial charge in [0.15, 0.2) is 6.23 Å². The number of rotatable bonds is 7. The number of hydrogen-bond acceptors (Lipinski definition) is 7. The molecule has 0 aromatic heterocycles. The van der Waals surface area contributed by atoms with Crippen molar-refractivity contribution in [3.63, 3.8) is 0 Å². The van der Waals surface area contributed by atoms with Crippen LogP contribution in [0.25, 0.3) is 0 Å². The third-order valence-corrected chi connectivity index (χ3v) is 9.63. The van der Waals surface area contributed by atoms with Crippen LogP contribution >= 0.6 is 0 Å². The minimum Gasteiger partial charge on any atom is -0.508 e. The summed E-state index contributed by atoms with van der Waals surface area (Å²) < 4.78 is 45.6. The Morgan fingerprint density at radius 1 is 1.11 bits per heavy atom. The number of carbonyl (C=O) groups excluding carboxylic acids is 2. The Hall–Kier alpha value is -3.31. The number of alkyl halides is 3. The summed E-state index contributed by atoms with van der Waals surface area (Å²) >= 11 is 0. The van der Waals surface area contributed by atoms with Crippen molar-refractivity contribution in [3.8, 4) is 5.75 Å². The molecule has 2 fully saturated rings. The van der Waals surface area contributed by atoms with Crippen LogP contribution in [0, 0.1) is 19.3 Å². The van der Waals surface area contributed by atoms with Gasteiger partial charge in [-0.2, -0.15) is 13.2 Å². The topological polar surface area (TPSA) is 117 Å². The predicted molar refractivity (Wildman–Crippen MR) is 161 cm³/mol. The summed E-state index contributed by atoms with van der Waals surface area (Å²) in [6, 6.07) is 7.23. The molecule has 0 radical (unpaired) electrons. The van der Waals surface area contributed by atoms with Crippen LogP contribution in [-0.4, -0.2) is 53.7 Å². The average Bonchev–Trinajstić information content (AvgIpc) is 2.97. The van der Waals surface area contributed by atoms with Crippen molar-refractivity contribution in [1.82, 2.24) is 10.2 Å². The fourth-order valence-corrected chi connectivity index (χ4v) is 7.40. The number of carbonyl (C=O) groups is 2. The van der Waals surface area contributed by atoms with Gasteiger partial charge in [-0.05, 0) is 104 Å². The minimum atomic E-state index is -5.12. The number of likely N-dealkylation sites (tertiary alicyclic amines) is 1. The quantitative estimate of drug-likeness (QED) is 0.295. The Labute approximate surface area is 256 Å². The lowest BCUT2D eigenvalue weighted by Crippen LogP contribution is -2.47. The summed E-state index contributed by atoms with van der Waals surface area (Å²) in [6.07, 6.45) is 1.77. The molecule has 1 saturated heterocycles. The van der Waals surface area contributed by atoms with E-state index in [-0.39, 0.29) is 23.5 Å². The van der Waals surface area contributed by atoms with E-state index in [2.05, 4.69) is 10.6 Å². The van der Waals surface area contributed by atoms with Crippen molar-refractivity contribution in [1.29, 1.82) is 0 Å². The van der Waals surface area contributed by atoms with E-state index in [1.165, 1.54) is 0 Å². The maximum absolute atomic E-state index is 13.4. The normalized spacial score (nSPS) is 21.5. The van der Waals surface area contributed by atoms with Gasteiger partial charge in [-0.1, -0.05) is 25.3 Å². The van der Waals surface area contributed by atoms with Crippen LogP contribution in [0.2, 0.25) is 0 Å². The van der Waals surface area contributed by atoms with Crippen LogP contribution in [-0.2, 0) is 20.7 Å². The first-order chi connectivity index (χ1) is 20.8. The Morgan fingerprint density at radius 3 is 2.48 bits per heavy atom. The van der Waals surface area contributed by atoms with Crippen LogP contribution in [0.1, 0.15) is 91.5 Å². The molecular formula is C33H43F3N4O4. The average molecular weight is 617 g/mol. The second-order valence-corrected chi connectivity index (χ2v) is 12.9. The molecule has 5 rings (SSSR count). The van der Waals surface area contributed by atoms with Gasteiger partial charge in [0.2, 0.25) is 5.91 Å². The third kappa shape index (κ3) is 7.15. The molecular weight excluding hydrogens is 573 g/mol. The first kappa shape index (κ1) is 32.1. The number of phenols is 1. The number of piperidine rings is 1. The first-order valence-corrected chi connectivity index (χ1v) is 15.6. The Morgan fingerprint density at radius 2 is 1.80 bits per heavy atom. The van der Waals surface area contributed by atoms with Crippen molar-refractivity contribution < 1.29 is 32.6 Å². The second-order valence-electron chi connectivity index (χ2n) is 12.9. The zero-order valence-corrected chi connectivity index (χ0v) is 25.4. The number of aryl methyl sites for hydroxylation is 2. The lowest BCUT2D eigenvalue weighted by atomic mass is 9.69. The van der Waals surface area contributed by atoms with Crippen LogP contribution in [0.15, 0.2) is 30.3 Å². The number of halogens is 3. The molecule has 3 aliphatic rings. The van der Waals surface area contributed by atoms with Gasteiger partial charge in [0, 0.05) is 30.9 Å². The highest BCUT2D eigenvalue weighted by atomic mass is 19.4. The fraction of sp³-hybridized carbons (Fsp3) is 0.576. The number of phenolic OH excluding ortho intramolecular Hbond substituents is 1. The number of hydrogen-bond donors (Lipinski definition) is 4. The minimum absolute atomic E-state index is 0.0238. The lowest BCUT2D eigenvalue weighted by molar-refractivity contribution is -0.216. The molecule has 2 aromatic carbocycles. The second kappa shape index (κ2) is 13.0. The number of esters is 1. The SMILES string of the molecule is Cc1cc(O)cc(C)c1C[C@H](N)C(=O)N[C@@H]1CCNc2ccc(C(OC(=O)C(F)(F)F)N3CCCC4(CCCCC4)C3)cc21. The van der Waals surface area contributed by atoms with Crippen LogP contribution in [0.4, 0.5) is 18.9 Å². The molecule has 11 heteroatoms. The molecule has 0 bridgehead atoms. The van der Waals surface area contributed by atoms with Crippen LogP contribution in [0.3, 0.4) is 0 Å². The smallest absolute Gasteiger partial charge is 0.490 e. The number of amides is 1. The van der Waals surface area contributed by atoms with Crippen molar-refractivity contribution in [2.45, 2.75) is 96.1 Å². The highest BCUT2D eigenvalue weighted by molar-refractivity contribution is 5.83. The maximum Gasteiger partial charge on any atom is 0.490 e. The maximum atomic E-state index is 13.4. The molecule has 2 aliphatic heterocycles. The zero-order valence-electron chi connectivity index (χ0n) is 25.4. The molecule has 2 heterocycles. The third-order valence-electron chi connectivity index (χ3n) is 9.63. The van der Waals surface area contributed by atoms with Gasteiger partial charge < -0.3 is 26.2 Å². The molecule has 5 N–H and O–H groups in total. The van der Waals surface area contributed by atoms with Gasteiger partial charge in [-0.3, -0.25) is 9.69 Å². The van der Waals surface area contributed by atoms with Gasteiger partial charge >= 0.3 is 12.1 Å². The molecule has 2 aromatic rings. The van der Waals surface area contributed by atoms with Crippen molar-refractivity contribution in [2.24, 2.45) is 11.1 Å². The molecule has 1 aliphatic carbocycles. The summed E-state index contributed by atoms with van der Waals surface area (Å²) in [6.45, 7) is 5.40. The van der Waals surface area contributed by atoms with Crippen LogP contribution in [0.5, 0.6) is 5.75 Å². The van der Waals surface area contributed by atoms with E-state index in [1.54, 1.807) is 30.3 Å². The molecule has 1 unspecified atom stereocenters. The number of aromatic hydroxyl groups is 1. The molecule has 1 saturated carbocycles. The zero-order chi connectivity index (χ0) is 31.6. The fourth-order valence-electron chi connectivity index (χ4n) is 7.40. The van der Waals surface area contributed by atoms with E-state index in [0.29, 0.717) is 37.2 Å². The number of anilines is 1. The summed E-state index contributed by atoms with van der Waals surface area (Å²) in [5, 5.41) is 16.2.